The van der Waals surface area contributed by atoms with Crippen LogP contribution in [0.3, 0.4) is 0 Å². The molecule has 0 aliphatic rings. The minimum atomic E-state index is -2.82. The first-order valence-electron chi connectivity index (χ1n) is 7.32. The second-order valence-corrected chi connectivity index (χ2v) is 5.73. The number of aliphatic imine (C=N–C) groups is 1. The van der Waals surface area contributed by atoms with Crippen LogP contribution < -0.4 is 10.6 Å². The van der Waals surface area contributed by atoms with Crippen molar-refractivity contribution in [3.05, 3.63) is 65.2 Å². The second kappa shape index (κ2) is 6.77. The highest BCUT2D eigenvalue weighted by Gasteiger charge is 2.23. The van der Waals surface area contributed by atoms with E-state index in [1.807, 2.05) is 43.3 Å². The van der Waals surface area contributed by atoms with E-state index in [0.29, 0.717) is 12.4 Å². The molecule has 0 fully saturated rings. The summed E-state index contributed by atoms with van der Waals surface area (Å²) in [6.45, 7) is 1.24. The van der Waals surface area contributed by atoms with Gasteiger partial charge in [-0.2, -0.15) is 0 Å². The number of hydrogen-bond acceptors (Lipinski definition) is 2. The molecule has 0 atom stereocenters. The molecule has 0 saturated carbocycles. The average molecular weight is 317 g/mol. The van der Waals surface area contributed by atoms with Crippen molar-refractivity contribution in [2.75, 3.05) is 19.0 Å². The number of halogens is 2. The number of amidine groups is 1. The van der Waals surface area contributed by atoms with Crippen LogP contribution in [-0.2, 0) is 12.5 Å². The van der Waals surface area contributed by atoms with Gasteiger partial charge in [0.25, 0.3) is 5.92 Å². The Morgan fingerprint density at radius 2 is 1.61 bits per heavy atom. The van der Waals surface area contributed by atoms with Gasteiger partial charge in [-0.25, -0.2) is 8.78 Å². The Morgan fingerprint density at radius 1 is 1.04 bits per heavy atom. The smallest absolute Gasteiger partial charge is 0.270 e. The Kier molecular flexibility index (Phi) is 4.98. The van der Waals surface area contributed by atoms with Gasteiger partial charge in [-0.1, -0.05) is 24.3 Å². The van der Waals surface area contributed by atoms with Crippen molar-refractivity contribution in [2.24, 2.45) is 10.7 Å². The van der Waals surface area contributed by atoms with Gasteiger partial charge in [0, 0.05) is 37.8 Å². The van der Waals surface area contributed by atoms with Crippen LogP contribution in [0.1, 0.15) is 23.6 Å². The molecule has 0 aliphatic heterocycles. The van der Waals surface area contributed by atoms with Crippen LogP contribution >= 0.6 is 0 Å². The lowest BCUT2D eigenvalue weighted by atomic mass is 10.1. The minimum absolute atomic E-state index is 0.00234. The van der Waals surface area contributed by atoms with Gasteiger partial charge in [-0.05, 0) is 29.8 Å². The molecule has 122 valence electrons. The molecule has 0 unspecified atom stereocenters. The van der Waals surface area contributed by atoms with E-state index < -0.39 is 5.92 Å². The van der Waals surface area contributed by atoms with Gasteiger partial charge < -0.3 is 10.6 Å². The van der Waals surface area contributed by atoms with Gasteiger partial charge in [0.1, 0.15) is 5.84 Å². The van der Waals surface area contributed by atoms with E-state index in [4.69, 9.17) is 5.73 Å². The number of alkyl halides is 2. The molecule has 0 aliphatic carbocycles. The topological polar surface area (TPSA) is 41.6 Å². The summed E-state index contributed by atoms with van der Waals surface area (Å²) < 4.78 is 26.3. The highest BCUT2D eigenvalue weighted by Crippen LogP contribution is 2.26. The zero-order valence-corrected chi connectivity index (χ0v) is 13.6. The second-order valence-electron chi connectivity index (χ2n) is 5.73. The van der Waals surface area contributed by atoms with Crippen molar-refractivity contribution < 1.29 is 8.78 Å². The molecule has 3 nitrogen and oxygen atoms in total. The fourth-order valence-corrected chi connectivity index (χ4v) is 2.10. The SMILES string of the molecule is CN(C)c1ccc(C(N)=NCc2ccc(C(C)(F)F)cc2)cc1. The van der Waals surface area contributed by atoms with Crippen molar-refractivity contribution in [2.45, 2.75) is 19.4 Å². The Bertz CT molecular complexity index is 669. The van der Waals surface area contributed by atoms with Gasteiger partial charge in [0.05, 0.1) is 6.54 Å². The van der Waals surface area contributed by atoms with Crippen LogP contribution in [0.15, 0.2) is 53.5 Å². The summed E-state index contributed by atoms with van der Waals surface area (Å²) in [6, 6.07) is 13.9. The van der Waals surface area contributed by atoms with E-state index in [-0.39, 0.29) is 5.56 Å². The first-order valence-corrected chi connectivity index (χ1v) is 7.32. The summed E-state index contributed by atoms with van der Waals surface area (Å²) >= 11 is 0. The van der Waals surface area contributed by atoms with Crippen LogP contribution in [0.4, 0.5) is 14.5 Å². The molecule has 2 N–H and O–H groups in total. The maximum atomic E-state index is 13.2. The Morgan fingerprint density at radius 3 is 2.09 bits per heavy atom. The molecule has 0 radical (unpaired) electrons. The number of nitrogens with zero attached hydrogens (tertiary/aromatic N) is 2. The molecular weight excluding hydrogens is 296 g/mol. The van der Waals surface area contributed by atoms with E-state index >= 15 is 0 Å². The predicted octanol–water partition coefficient (Wildman–Crippen LogP) is 3.77. The molecule has 0 amide bonds. The molecular formula is C18H21F2N3. The minimum Gasteiger partial charge on any atom is -0.383 e. The van der Waals surface area contributed by atoms with Crippen molar-refractivity contribution in [3.8, 4) is 0 Å². The van der Waals surface area contributed by atoms with Gasteiger partial charge in [-0.15, -0.1) is 0 Å². The van der Waals surface area contributed by atoms with Crippen molar-refractivity contribution in [3.63, 3.8) is 0 Å². The van der Waals surface area contributed by atoms with Crippen molar-refractivity contribution in [1.82, 2.24) is 0 Å². The predicted molar refractivity (Wildman–Crippen MR) is 91.2 cm³/mol. The summed E-state index contributed by atoms with van der Waals surface area (Å²) in [7, 11) is 3.94. The normalized spacial score (nSPS) is 12.3. The maximum absolute atomic E-state index is 13.2. The van der Waals surface area contributed by atoms with Crippen LogP contribution in [0, 0.1) is 0 Å². The monoisotopic (exact) mass is 317 g/mol. The molecule has 23 heavy (non-hydrogen) atoms. The average Bonchev–Trinajstić information content (AvgIpc) is 2.52. The summed E-state index contributed by atoms with van der Waals surface area (Å²) in [6.07, 6.45) is 0. The van der Waals surface area contributed by atoms with Crippen LogP contribution in [0.2, 0.25) is 0 Å². The molecule has 0 bridgehead atoms. The number of hydrogen-bond donors (Lipinski definition) is 1. The third kappa shape index (κ3) is 4.52. The van der Waals surface area contributed by atoms with E-state index in [9.17, 15) is 8.78 Å². The van der Waals surface area contributed by atoms with Crippen LogP contribution in [-0.4, -0.2) is 19.9 Å². The number of rotatable bonds is 5. The van der Waals surface area contributed by atoms with Crippen LogP contribution in [0.5, 0.6) is 0 Å². The number of anilines is 1. The number of benzene rings is 2. The van der Waals surface area contributed by atoms with E-state index in [1.165, 1.54) is 12.1 Å². The van der Waals surface area contributed by atoms with Gasteiger partial charge >= 0.3 is 0 Å². The highest BCUT2D eigenvalue weighted by atomic mass is 19.3. The van der Waals surface area contributed by atoms with E-state index in [2.05, 4.69) is 4.99 Å². The molecule has 2 aromatic rings. The van der Waals surface area contributed by atoms with E-state index in [0.717, 1.165) is 23.7 Å². The zero-order chi connectivity index (χ0) is 17.0. The Balaban J connectivity index is 2.07. The molecule has 0 saturated heterocycles. The first-order chi connectivity index (χ1) is 10.8. The fraction of sp³-hybridized carbons (Fsp3) is 0.278. The lowest BCUT2D eigenvalue weighted by Gasteiger charge is -2.12. The number of nitrogens with two attached hydrogens (primary N) is 1. The molecule has 0 heterocycles. The summed E-state index contributed by atoms with van der Waals surface area (Å²) in [5.74, 6) is -2.39. The lowest BCUT2D eigenvalue weighted by molar-refractivity contribution is 0.0174. The van der Waals surface area contributed by atoms with Crippen molar-refractivity contribution in [1.29, 1.82) is 0 Å². The maximum Gasteiger partial charge on any atom is 0.270 e. The van der Waals surface area contributed by atoms with Gasteiger partial charge in [-0.3, -0.25) is 4.99 Å². The standard InChI is InChI=1S/C18H21F2N3/c1-18(19,20)15-8-4-13(5-9-15)12-22-17(21)14-6-10-16(11-7-14)23(2)3/h4-11H,12H2,1-3H3,(H2,21,22). The molecule has 0 aromatic heterocycles. The third-order valence-corrected chi connectivity index (χ3v) is 3.57. The Labute approximate surface area is 135 Å². The highest BCUT2D eigenvalue weighted by molar-refractivity contribution is 5.97. The molecule has 2 aromatic carbocycles. The van der Waals surface area contributed by atoms with E-state index in [1.54, 1.807) is 12.1 Å². The molecule has 0 spiro atoms. The third-order valence-electron chi connectivity index (χ3n) is 3.57. The van der Waals surface area contributed by atoms with Crippen LogP contribution in [0.25, 0.3) is 0 Å². The molecule has 2 rings (SSSR count). The zero-order valence-electron chi connectivity index (χ0n) is 13.6. The summed E-state index contributed by atoms with van der Waals surface area (Å²) in [5.41, 5.74) is 8.74. The van der Waals surface area contributed by atoms with Gasteiger partial charge in [0.15, 0.2) is 0 Å². The summed E-state index contributed by atoms with van der Waals surface area (Å²) in [5, 5.41) is 0. The Hall–Kier alpha value is -2.43. The lowest BCUT2D eigenvalue weighted by Crippen LogP contribution is -2.14. The fourth-order valence-electron chi connectivity index (χ4n) is 2.10. The van der Waals surface area contributed by atoms with Gasteiger partial charge in [0.2, 0.25) is 0 Å². The first kappa shape index (κ1) is 16.9. The quantitative estimate of drug-likeness (QED) is 0.674. The summed E-state index contributed by atoms with van der Waals surface area (Å²) in [4.78, 5) is 6.33. The largest absolute Gasteiger partial charge is 0.383 e. The molecule has 5 heteroatoms. The van der Waals surface area contributed by atoms with Crippen molar-refractivity contribution >= 4 is 11.5 Å².